The molecular weight excluding hydrogens is 268 g/mol. The van der Waals surface area contributed by atoms with Crippen molar-refractivity contribution in [1.82, 2.24) is 4.98 Å². The molecule has 5 heteroatoms. The van der Waals surface area contributed by atoms with E-state index in [0.717, 1.165) is 4.90 Å². The lowest BCUT2D eigenvalue weighted by atomic mass is 10.2. The zero-order valence-corrected chi connectivity index (χ0v) is 11.1. The highest BCUT2D eigenvalue weighted by Crippen LogP contribution is 2.31. The number of aromatic nitrogens is 1. The molecule has 0 bridgehead atoms. The van der Waals surface area contributed by atoms with Gasteiger partial charge in [-0.2, -0.15) is 5.26 Å². The maximum atomic E-state index is 9.18. The summed E-state index contributed by atoms with van der Waals surface area (Å²) in [5.74, 6) is 1.02. The van der Waals surface area contributed by atoms with Gasteiger partial charge in [0.05, 0.1) is 11.2 Å². The molecule has 1 aromatic heterocycles. The number of hydrogen-bond donors (Lipinski definition) is 0. The van der Waals surface area contributed by atoms with Crippen molar-refractivity contribution in [1.29, 1.82) is 5.26 Å². The van der Waals surface area contributed by atoms with E-state index in [-0.39, 0.29) is 0 Å². The Bertz CT molecular complexity index is 610. The number of hydrogen-bond acceptors (Lipinski definition) is 4. The van der Waals surface area contributed by atoms with Crippen molar-refractivity contribution in [2.75, 3.05) is 6.26 Å². The van der Waals surface area contributed by atoms with Gasteiger partial charge in [-0.1, -0.05) is 17.7 Å². The number of ether oxygens (including phenoxy) is 1. The molecule has 0 saturated carbocycles. The summed E-state index contributed by atoms with van der Waals surface area (Å²) in [6.45, 7) is 0. The van der Waals surface area contributed by atoms with Gasteiger partial charge >= 0.3 is 0 Å². The minimum absolute atomic E-state index is 0.493. The first-order valence-corrected chi connectivity index (χ1v) is 6.70. The van der Waals surface area contributed by atoms with Gasteiger partial charge in [-0.3, -0.25) is 4.98 Å². The lowest BCUT2D eigenvalue weighted by molar-refractivity contribution is 0.477. The van der Waals surface area contributed by atoms with Crippen LogP contribution in [0.4, 0.5) is 0 Å². The van der Waals surface area contributed by atoms with Crippen LogP contribution in [0.5, 0.6) is 11.5 Å². The number of nitrogens with zero attached hydrogens (tertiary/aromatic N) is 2. The number of rotatable bonds is 3. The predicted octanol–water partition coefficient (Wildman–Crippen LogP) is 4.12. The second kappa shape index (κ2) is 5.76. The van der Waals surface area contributed by atoms with E-state index in [9.17, 15) is 5.26 Å². The van der Waals surface area contributed by atoms with E-state index in [2.05, 4.69) is 11.1 Å². The van der Waals surface area contributed by atoms with Gasteiger partial charge in [0.1, 0.15) is 23.1 Å². The molecule has 18 heavy (non-hydrogen) atoms. The highest BCUT2D eigenvalue weighted by Gasteiger charge is 2.09. The Balaban J connectivity index is 2.38. The molecule has 2 aromatic rings. The summed E-state index contributed by atoms with van der Waals surface area (Å²) in [5.41, 5.74) is 0.518. The molecule has 0 aliphatic carbocycles. The van der Waals surface area contributed by atoms with Crippen molar-refractivity contribution in [3.63, 3.8) is 0 Å². The molecule has 0 aliphatic rings. The van der Waals surface area contributed by atoms with Gasteiger partial charge in [0.15, 0.2) is 0 Å². The smallest absolute Gasteiger partial charge is 0.147 e. The Kier molecular flexibility index (Phi) is 4.08. The second-order valence-corrected chi connectivity index (χ2v) is 4.67. The molecule has 0 radical (unpaired) electrons. The third-order valence-corrected chi connectivity index (χ3v) is 3.21. The van der Waals surface area contributed by atoms with E-state index in [1.807, 2.05) is 18.4 Å². The van der Waals surface area contributed by atoms with Crippen molar-refractivity contribution in [2.45, 2.75) is 4.90 Å². The Morgan fingerprint density at radius 3 is 2.89 bits per heavy atom. The van der Waals surface area contributed by atoms with Crippen molar-refractivity contribution >= 4 is 23.4 Å². The third-order valence-electron chi connectivity index (χ3n) is 2.23. The van der Waals surface area contributed by atoms with Gasteiger partial charge in [0.25, 0.3) is 0 Å². The molecule has 0 spiro atoms. The van der Waals surface area contributed by atoms with Crippen molar-refractivity contribution < 1.29 is 4.74 Å². The van der Waals surface area contributed by atoms with Gasteiger partial charge in [0, 0.05) is 17.2 Å². The minimum Gasteiger partial charge on any atom is -0.454 e. The van der Waals surface area contributed by atoms with Crippen LogP contribution in [0.15, 0.2) is 41.6 Å². The fourth-order valence-electron chi connectivity index (χ4n) is 1.45. The first-order valence-electron chi connectivity index (χ1n) is 5.10. The average Bonchev–Trinajstić information content (AvgIpc) is 2.38. The largest absolute Gasteiger partial charge is 0.454 e. The van der Waals surface area contributed by atoms with Crippen LogP contribution in [0.2, 0.25) is 5.02 Å². The summed E-state index contributed by atoms with van der Waals surface area (Å²) >= 11 is 7.34. The molecule has 0 saturated heterocycles. The van der Waals surface area contributed by atoms with Crippen LogP contribution in [0.1, 0.15) is 5.56 Å². The summed E-state index contributed by atoms with van der Waals surface area (Å²) < 4.78 is 5.64. The van der Waals surface area contributed by atoms with Crippen molar-refractivity contribution in [3.05, 3.63) is 47.2 Å². The number of pyridine rings is 1. The van der Waals surface area contributed by atoms with Gasteiger partial charge in [-0.15, -0.1) is 11.8 Å². The standard InChI is InChI=1S/C13H9ClN2OS/c1-18-13-4-2-3-12(11(13)6-15)17-10-5-9(14)7-16-8-10/h2-5,7-8H,1H3. The van der Waals surface area contributed by atoms with Crippen LogP contribution in [-0.2, 0) is 0 Å². The van der Waals surface area contributed by atoms with E-state index in [4.69, 9.17) is 16.3 Å². The lowest BCUT2D eigenvalue weighted by Gasteiger charge is -2.09. The van der Waals surface area contributed by atoms with Gasteiger partial charge in [-0.25, -0.2) is 0 Å². The number of halogens is 1. The van der Waals surface area contributed by atoms with Crippen LogP contribution in [0, 0.1) is 11.3 Å². The second-order valence-electron chi connectivity index (χ2n) is 3.39. The van der Waals surface area contributed by atoms with E-state index in [1.54, 1.807) is 18.3 Å². The third kappa shape index (κ3) is 2.76. The Morgan fingerprint density at radius 2 is 2.22 bits per heavy atom. The summed E-state index contributed by atoms with van der Waals surface area (Å²) in [4.78, 5) is 4.81. The van der Waals surface area contributed by atoms with Gasteiger partial charge in [0.2, 0.25) is 0 Å². The minimum atomic E-state index is 0.493. The summed E-state index contributed by atoms with van der Waals surface area (Å²) in [6, 6.07) is 9.28. The molecule has 0 N–H and O–H groups in total. The lowest BCUT2D eigenvalue weighted by Crippen LogP contribution is -1.90. The number of nitriles is 1. The van der Waals surface area contributed by atoms with E-state index in [0.29, 0.717) is 22.1 Å². The normalized spacial score (nSPS) is 9.83. The Hall–Kier alpha value is -1.70. The van der Waals surface area contributed by atoms with E-state index >= 15 is 0 Å². The SMILES string of the molecule is CSc1cccc(Oc2cncc(Cl)c2)c1C#N. The molecule has 2 rings (SSSR count). The Labute approximate surface area is 114 Å². The molecular formula is C13H9ClN2OS. The highest BCUT2D eigenvalue weighted by atomic mass is 35.5. The molecule has 0 unspecified atom stereocenters. The molecule has 0 fully saturated rings. The predicted molar refractivity (Wildman–Crippen MR) is 72.3 cm³/mol. The molecule has 1 heterocycles. The quantitative estimate of drug-likeness (QED) is 0.791. The van der Waals surface area contributed by atoms with Crippen LogP contribution in [0.3, 0.4) is 0 Å². The molecule has 0 aliphatic heterocycles. The van der Waals surface area contributed by atoms with Crippen LogP contribution >= 0.6 is 23.4 Å². The van der Waals surface area contributed by atoms with E-state index < -0.39 is 0 Å². The average molecular weight is 277 g/mol. The van der Waals surface area contributed by atoms with Crippen LogP contribution in [-0.4, -0.2) is 11.2 Å². The highest BCUT2D eigenvalue weighted by molar-refractivity contribution is 7.98. The molecule has 0 atom stereocenters. The number of thioether (sulfide) groups is 1. The molecule has 3 nitrogen and oxygen atoms in total. The maximum absolute atomic E-state index is 9.18. The topological polar surface area (TPSA) is 45.9 Å². The fraction of sp³-hybridized carbons (Fsp3) is 0.0769. The maximum Gasteiger partial charge on any atom is 0.147 e. The summed E-state index contributed by atoms with van der Waals surface area (Å²) in [6.07, 6.45) is 5.00. The molecule has 1 aromatic carbocycles. The summed E-state index contributed by atoms with van der Waals surface area (Å²) in [7, 11) is 0. The van der Waals surface area contributed by atoms with Crippen molar-refractivity contribution in [2.24, 2.45) is 0 Å². The number of benzene rings is 1. The zero-order chi connectivity index (χ0) is 13.0. The summed E-state index contributed by atoms with van der Waals surface area (Å²) in [5, 5.41) is 9.67. The fourth-order valence-corrected chi connectivity index (χ4v) is 2.18. The van der Waals surface area contributed by atoms with Crippen LogP contribution < -0.4 is 4.74 Å². The van der Waals surface area contributed by atoms with Gasteiger partial charge < -0.3 is 4.74 Å². The zero-order valence-electron chi connectivity index (χ0n) is 9.55. The van der Waals surface area contributed by atoms with Gasteiger partial charge in [-0.05, 0) is 18.4 Å². The molecule has 0 amide bonds. The van der Waals surface area contributed by atoms with Crippen molar-refractivity contribution in [3.8, 4) is 17.6 Å². The Morgan fingerprint density at radius 1 is 1.39 bits per heavy atom. The molecule has 90 valence electrons. The van der Waals surface area contributed by atoms with Crippen LogP contribution in [0.25, 0.3) is 0 Å². The van der Waals surface area contributed by atoms with E-state index in [1.165, 1.54) is 18.0 Å². The monoisotopic (exact) mass is 276 g/mol. The first kappa shape index (κ1) is 12.7. The first-order chi connectivity index (χ1) is 8.74.